The number of carboxylic acids is 1. The van der Waals surface area contributed by atoms with Crippen LogP contribution in [-0.4, -0.2) is 46.7 Å². The predicted molar refractivity (Wildman–Crippen MR) is 67.2 cm³/mol. The third kappa shape index (κ3) is 3.32. The van der Waals surface area contributed by atoms with Gasteiger partial charge in [0.25, 0.3) is 0 Å². The Morgan fingerprint density at radius 2 is 1.83 bits per heavy atom. The molecular formula is C13H21NO4. The number of carbonyl (C=O) groups excluding carboxylic acids is 1. The molecule has 0 aromatic rings. The van der Waals surface area contributed by atoms with Gasteiger partial charge in [0, 0.05) is 24.2 Å². The Morgan fingerprint density at radius 1 is 1.28 bits per heavy atom. The monoisotopic (exact) mass is 255 g/mol. The summed E-state index contributed by atoms with van der Waals surface area (Å²) in [5.41, 5.74) is -0.0191. The van der Waals surface area contributed by atoms with Gasteiger partial charge in [-0.25, -0.2) is 4.79 Å². The molecule has 1 amide bonds. The van der Waals surface area contributed by atoms with Crippen molar-refractivity contribution in [1.82, 2.24) is 4.90 Å². The molecule has 18 heavy (non-hydrogen) atoms. The Hall–Kier alpha value is -1.36. The number of carbonyl (C=O) groups is 2. The molecule has 0 bridgehead atoms. The van der Waals surface area contributed by atoms with Crippen LogP contribution in [0, 0.1) is 0 Å². The molecule has 0 radical (unpaired) electrons. The number of carboxylic acid groups (broad SMARTS) is 1. The number of hydrogen-bond donors (Lipinski definition) is 1. The molecule has 1 unspecified atom stereocenters. The average molecular weight is 255 g/mol. The van der Waals surface area contributed by atoms with E-state index in [1.807, 2.05) is 20.8 Å². The van der Waals surface area contributed by atoms with Crippen LogP contribution in [0.25, 0.3) is 0 Å². The molecule has 1 N–H and O–H groups in total. The number of aliphatic carboxylic acids is 1. The van der Waals surface area contributed by atoms with Crippen LogP contribution in [0.4, 0.5) is 0 Å². The SMILES string of the molecule is CC(C(=O)O)=C(C)C(=O)N1CC(C)OC(C)(C)C1. The number of nitrogens with zero attached hydrogens (tertiary/aromatic N) is 1. The highest BCUT2D eigenvalue weighted by Gasteiger charge is 2.34. The van der Waals surface area contributed by atoms with Crippen molar-refractivity contribution < 1.29 is 19.4 Å². The number of hydrogen-bond acceptors (Lipinski definition) is 3. The van der Waals surface area contributed by atoms with Crippen molar-refractivity contribution in [3.05, 3.63) is 11.1 Å². The number of amides is 1. The topological polar surface area (TPSA) is 66.8 Å². The third-order valence-corrected chi connectivity index (χ3v) is 3.06. The summed E-state index contributed by atoms with van der Waals surface area (Å²) in [5.74, 6) is -1.28. The Balaban J connectivity index is 2.91. The van der Waals surface area contributed by atoms with Crippen LogP contribution in [0.3, 0.4) is 0 Å². The predicted octanol–water partition coefficient (Wildman–Crippen LogP) is 1.43. The van der Waals surface area contributed by atoms with Crippen molar-refractivity contribution in [3.63, 3.8) is 0 Å². The summed E-state index contributed by atoms with van der Waals surface area (Å²) < 4.78 is 5.72. The van der Waals surface area contributed by atoms with Gasteiger partial charge < -0.3 is 14.7 Å². The molecule has 1 aliphatic rings. The molecule has 5 heteroatoms. The van der Waals surface area contributed by atoms with E-state index in [0.29, 0.717) is 13.1 Å². The fourth-order valence-electron chi connectivity index (χ4n) is 2.17. The summed E-state index contributed by atoms with van der Waals surface area (Å²) in [6, 6.07) is 0. The molecule has 0 saturated carbocycles. The van der Waals surface area contributed by atoms with E-state index in [2.05, 4.69) is 0 Å². The Labute approximate surface area is 107 Å². The fourth-order valence-corrected chi connectivity index (χ4v) is 2.17. The van der Waals surface area contributed by atoms with Crippen molar-refractivity contribution in [2.75, 3.05) is 13.1 Å². The van der Waals surface area contributed by atoms with Gasteiger partial charge in [0.05, 0.1) is 11.7 Å². The molecule has 1 fully saturated rings. The van der Waals surface area contributed by atoms with Gasteiger partial charge in [-0.1, -0.05) is 0 Å². The molecule has 0 aromatic heterocycles. The van der Waals surface area contributed by atoms with E-state index < -0.39 is 11.6 Å². The van der Waals surface area contributed by atoms with E-state index in [1.165, 1.54) is 6.92 Å². The third-order valence-electron chi connectivity index (χ3n) is 3.06. The maximum Gasteiger partial charge on any atom is 0.331 e. The lowest BCUT2D eigenvalue weighted by Gasteiger charge is -2.41. The van der Waals surface area contributed by atoms with E-state index in [-0.39, 0.29) is 23.2 Å². The van der Waals surface area contributed by atoms with E-state index in [9.17, 15) is 9.59 Å². The summed E-state index contributed by atoms with van der Waals surface area (Å²) in [4.78, 5) is 24.8. The van der Waals surface area contributed by atoms with Crippen LogP contribution in [0.5, 0.6) is 0 Å². The molecule has 0 aliphatic carbocycles. The van der Waals surface area contributed by atoms with Crippen molar-refractivity contribution in [2.45, 2.75) is 46.3 Å². The Bertz CT molecular complexity index is 398. The first-order chi connectivity index (χ1) is 8.14. The number of morpholine rings is 1. The second kappa shape index (κ2) is 5.10. The van der Waals surface area contributed by atoms with E-state index >= 15 is 0 Å². The highest BCUT2D eigenvalue weighted by Crippen LogP contribution is 2.22. The summed E-state index contributed by atoms with van der Waals surface area (Å²) in [6.07, 6.45) is -0.0457. The minimum absolute atomic E-state index is 0.0457. The normalized spacial score (nSPS) is 24.5. The smallest absolute Gasteiger partial charge is 0.331 e. The van der Waals surface area contributed by atoms with E-state index in [1.54, 1.807) is 11.8 Å². The first kappa shape index (κ1) is 14.7. The first-order valence-electron chi connectivity index (χ1n) is 6.02. The van der Waals surface area contributed by atoms with Gasteiger partial charge in [-0.3, -0.25) is 4.79 Å². The second-order valence-corrected chi connectivity index (χ2v) is 5.43. The van der Waals surface area contributed by atoms with Gasteiger partial charge in [-0.05, 0) is 34.6 Å². The number of rotatable bonds is 2. The maximum absolute atomic E-state index is 12.2. The molecule has 0 aromatic carbocycles. The lowest BCUT2D eigenvalue weighted by molar-refractivity contribution is -0.154. The van der Waals surface area contributed by atoms with Gasteiger partial charge in [-0.2, -0.15) is 0 Å². The molecule has 1 heterocycles. The fraction of sp³-hybridized carbons (Fsp3) is 0.692. The summed E-state index contributed by atoms with van der Waals surface area (Å²) in [6.45, 7) is 9.72. The lowest BCUT2D eigenvalue weighted by Crippen LogP contribution is -2.54. The van der Waals surface area contributed by atoms with Gasteiger partial charge in [-0.15, -0.1) is 0 Å². The molecular weight excluding hydrogens is 234 g/mol. The highest BCUT2D eigenvalue weighted by molar-refractivity contribution is 6.01. The van der Waals surface area contributed by atoms with Crippen molar-refractivity contribution in [3.8, 4) is 0 Å². The summed E-state index contributed by atoms with van der Waals surface area (Å²) >= 11 is 0. The highest BCUT2D eigenvalue weighted by atomic mass is 16.5. The van der Waals surface area contributed by atoms with Crippen molar-refractivity contribution >= 4 is 11.9 Å². The van der Waals surface area contributed by atoms with Crippen molar-refractivity contribution in [1.29, 1.82) is 0 Å². The van der Waals surface area contributed by atoms with Crippen LogP contribution >= 0.6 is 0 Å². The minimum Gasteiger partial charge on any atom is -0.478 e. The van der Waals surface area contributed by atoms with Gasteiger partial charge in [0.1, 0.15) is 0 Å². The maximum atomic E-state index is 12.2. The first-order valence-corrected chi connectivity index (χ1v) is 6.02. The molecule has 1 rings (SSSR count). The lowest BCUT2D eigenvalue weighted by atomic mass is 10.0. The molecule has 0 spiro atoms. The largest absolute Gasteiger partial charge is 0.478 e. The second-order valence-electron chi connectivity index (χ2n) is 5.43. The van der Waals surface area contributed by atoms with E-state index in [0.717, 1.165) is 0 Å². The standard InChI is InChI=1S/C13H21NO4/c1-8-6-14(7-13(4,5)18-8)11(15)9(2)10(3)12(16)17/h8H,6-7H2,1-5H3,(H,16,17). The zero-order valence-corrected chi connectivity index (χ0v) is 11.6. The van der Waals surface area contributed by atoms with Crippen LogP contribution < -0.4 is 0 Å². The average Bonchev–Trinajstić information content (AvgIpc) is 2.23. The molecule has 102 valence electrons. The number of ether oxygens (including phenoxy) is 1. The van der Waals surface area contributed by atoms with Crippen LogP contribution in [0.1, 0.15) is 34.6 Å². The summed E-state index contributed by atoms with van der Waals surface area (Å²) in [7, 11) is 0. The zero-order valence-electron chi connectivity index (χ0n) is 11.6. The van der Waals surface area contributed by atoms with E-state index in [4.69, 9.17) is 9.84 Å². The molecule has 1 atom stereocenters. The van der Waals surface area contributed by atoms with Crippen LogP contribution in [0.15, 0.2) is 11.1 Å². The minimum atomic E-state index is -1.05. The molecule has 5 nitrogen and oxygen atoms in total. The van der Waals surface area contributed by atoms with Crippen LogP contribution in [-0.2, 0) is 14.3 Å². The Morgan fingerprint density at radius 3 is 2.28 bits per heavy atom. The van der Waals surface area contributed by atoms with Gasteiger partial charge >= 0.3 is 5.97 Å². The van der Waals surface area contributed by atoms with Gasteiger partial charge in [0.2, 0.25) is 5.91 Å². The van der Waals surface area contributed by atoms with Crippen molar-refractivity contribution in [2.24, 2.45) is 0 Å². The molecule has 1 saturated heterocycles. The zero-order chi connectivity index (χ0) is 14.1. The van der Waals surface area contributed by atoms with Gasteiger partial charge in [0.15, 0.2) is 0 Å². The summed E-state index contributed by atoms with van der Waals surface area (Å²) in [5, 5.41) is 8.90. The molecule has 1 aliphatic heterocycles. The quantitative estimate of drug-likeness (QED) is 0.758. The Kier molecular flexibility index (Phi) is 4.16. The van der Waals surface area contributed by atoms with Crippen LogP contribution in [0.2, 0.25) is 0 Å².